The third kappa shape index (κ3) is 3.27. The lowest BCUT2D eigenvalue weighted by Gasteiger charge is -2.23. The number of hydrogen-bond donors (Lipinski definition) is 0. The van der Waals surface area contributed by atoms with Crippen molar-refractivity contribution in [1.29, 1.82) is 0 Å². The molecule has 0 atom stereocenters. The fourth-order valence-electron chi connectivity index (χ4n) is 2.90. The molecule has 0 amide bonds. The van der Waals surface area contributed by atoms with Gasteiger partial charge in [-0.1, -0.05) is 24.3 Å². The second-order valence-corrected chi connectivity index (χ2v) is 5.80. The average Bonchev–Trinajstić information content (AvgIpc) is 2.59. The molecule has 0 saturated carbocycles. The number of ether oxygens (including phenoxy) is 3. The maximum absolute atomic E-state index is 6.29. The Balaban J connectivity index is 2.12. The highest BCUT2D eigenvalue weighted by molar-refractivity contribution is 5.57. The zero-order valence-electron chi connectivity index (χ0n) is 14.0. The third-order valence-corrected chi connectivity index (χ3v) is 4.29. The molecule has 2 aromatic carbocycles. The van der Waals surface area contributed by atoms with Gasteiger partial charge in [-0.05, 0) is 37.6 Å². The fourth-order valence-corrected chi connectivity index (χ4v) is 2.90. The van der Waals surface area contributed by atoms with Crippen molar-refractivity contribution in [3.8, 4) is 23.0 Å². The van der Waals surface area contributed by atoms with Gasteiger partial charge in [-0.25, -0.2) is 0 Å². The molecule has 0 N–H and O–H groups in total. The molecule has 1 aliphatic rings. The van der Waals surface area contributed by atoms with Crippen LogP contribution in [0.1, 0.15) is 11.1 Å². The van der Waals surface area contributed by atoms with Gasteiger partial charge in [0.25, 0.3) is 0 Å². The molecule has 4 nitrogen and oxygen atoms in total. The van der Waals surface area contributed by atoms with Crippen molar-refractivity contribution in [2.75, 3.05) is 34.4 Å². The zero-order chi connectivity index (χ0) is 16.2. The normalized spacial score (nSPS) is 15.1. The van der Waals surface area contributed by atoms with Crippen molar-refractivity contribution >= 4 is 0 Å². The lowest BCUT2D eigenvalue weighted by atomic mass is 10.1. The summed E-state index contributed by atoms with van der Waals surface area (Å²) in [5.74, 6) is 2.99. The first-order chi connectivity index (χ1) is 11.2. The lowest BCUT2D eigenvalue weighted by molar-refractivity contribution is 0.319. The molecule has 0 spiro atoms. The van der Waals surface area contributed by atoms with Gasteiger partial charge < -0.3 is 19.1 Å². The summed E-state index contributed by atoms with van der Waals surface area (Å²) in [6.45, 7) is 2.00. The van der Waals surface area contributed by atoms with Crippen molar-refractivity contribution in [1.82, 2.24) is 4.90 Å². The number of fused-ring (bicyclic) bond motifs is 2. The van der Waals surface area contributed by atoms with Crippen LogP contribution in [0.15, 0.2) is 36.4 Å². The van der Waals surface area contributed by atoms with Gasteiger partial charge in [0.15, 0.2) is 11.5 Å². The van der Waals surface area contributed by atoms with Gasteiger partial charge in [0.1, 0.15) is 5.75 Å². The van der Waals surface area contributed by atoms with Crippen LogP contribution in [0.4, 0.5) is 0 Å². The molecule has 0 aromatic heterocycles. The molecule has 0 radical (unpaired) electrons. The molecule has 0 saturated heterocycles. The number of para-hydroxylation sites is 1. The van der Waals surface area contributed by atoms with E-state index in [9.17, 15) is 0 Å². The Labute approximate surface area is 137 Å². The Hall–Kier alpha value is -2.20. The van der Waals surface area contributed by atoms with E-state index in [2.05, 4.69) is 30.1 Å². The minimum atomic E-state index is 0.656. The standard InChI is InChI=1S/C19H23NO3/c1-20-12-10-14-6-4-5-7-16(14)23-18-15(11-13-20)8-9-17(21-2)19(18)22-3/h4-9H,10-13H2,1-3H3. The summed E-state index contributed by atoms with van der Waals surface area (Å²) < 4.78 is 17.3. The highest BCUT2D eigenvalue weighted by Crippen LogP contribution is 2.43. The molecule has 0 aliphatic carbocycles. The predicted octanol–water partition coefficient (Wildman–Crippen LogP) is 3.53. The van der Waals surface area contributed by atoms with E-state index in [1.165, 1.54) is 5.56 Å². The average molecular weight is 313 g/mol. The van der Waals surface area contributed by atoms with Gasteiger partial charge >= 0.3 is 0 Å². The summed E-state index contributed by atoms with van der Waals surface area (Å²) in [6, 6.07) is 12.2. The van der Waals surface area contributed by atoms with Gasteiger partial charge in [-0.2, -0.15) is 0 Å². The summed E-state index contributed by atoms with van der Waals surface area (Å²) >= 11 is 0. The van der Waals surface area contributed by atoms with E-state index in [1.54, 1.807) is 14.2 Å². The van der Waals surface area contributed by atoms with E-state index in [-0.39, 0.29) is 0 Å². The van der Waals surface area contributed by atoms with Crippen LogP contribution in [0.5, 0.6) is 23.0 Å². The number of rotatable bonds is 2. The fraction of sp³-hybridized carbons (Fsp3) is 0.368. The highest BCUT2D eigenvalue weighted by Gasteiger charge is 2.20. The largest absolute Gasteiger partial charge is 0.493 e. The van der Waals surface area contributed by atoms with Gasteiger partial charge in [0, 0.05) is 18.7 Å². The second kappa shape index (κ2) is 6.92. The molecule has 3 rings (SSSR count). The summed E-state index contributed by atoms with van der Waals surface area (Å²) in [6.07, 6.45) is 1.88. The van der Waals surface area contributed by atoms with Crippen LogP contribution in [0.2, 0.25) is 0 Å². The Morgan fingerprint density at radius 2 is 1.65 bits per heavy atom. The number of benzene rings is 2. The van der Waals surface area contributed by atoms with Crippen molar-refractivity contribution in [2.24, 2.45) is 0 Å². The van der Waals surface area contributed by atoms with E-state index >= 15 is 0 Å². The Morgan fingerprint density at radius 3 is 2.39 bits per heavy atom. The Kier molecular flexibility index (Phi) is 4.72. The summed E-state index contributed by atoms with van der Waals surface area (Å²) in [4.78, 5) is 2.35. The number of likely N-dealkylation sites (N-methyl/N-ethyl adjacent to an activating group) is 1. The Morgan fingerprint density at radius 1 is 0.913 bits per heavy atom. The van der Waals surface area contributed by atoms with E-state index in [4.69, 9.17) is 14.2 Å². The van der Waals surface area contributed by atoms with Crippen LogP contribution in [-0.2, 0) is 12.8 Å². The SMILES string of the molecule is COc1ccc2c(c1OC)Oc1ccccc1CCN(C)CC2. The summed E-state index contributed by atoms with van der Waals surface area (Å²) in [7, 11) is 5.45. The maximum atomic E-state index is 6.29. The molecule has 23 heavy (non-hydrogen) atoms. The van der Waals surface area contributed by atoms with Gasteiger partial charge in [0.2, 0.25) is 5.75 Å². The number of nitrogens with zero attached hydrogens (tertiary/aromatic N) is 1. The molecule has 0 fully saturated rings. The first kappa shape index (κ1) is 15.7. The molecule has 0 unspecified atom stereocenters. The molecule has 1 heterocycles. The lowest BCUT2D eigenvalue weighted by Crippen LogP contribution is -2.24. The first-order valence-corrected chi connectivity index (χ1v) is 7.91. The highest BCUT2D eigenvalue weighted by atomic mass is 16.5. The van der Waals surface area contributed by atoms with Crippen LogP contribution in [0.25, 0.3) is 0 Å². The van der Waals surface area contributed by atoms with E-state index in [0.29, 0.717) is 11.5 Å². The van der Waals surface area contributed by atoms with Crippen LogP contribution in [0, 0.1) is 0 Å². The van der Waals surface area contributed by atoms with Crippen molar-refractivity contribution < 1.29 is 14.2 Å². The zero-order valence-corrected chi connectivity index (χ0v) is 14.0. The van der Waals surface area contributed by atoms with Crippen molar-refractivity contribution in [2.45, 2.75) is 12.8 Å². The predicted molar refractivity (Wildman–Crippen MR) is 91.0 cm³/mol. The number of methoxy groups -OCH3 is 2. The molecule has 4 heteroatoms. The van der Waals surface area contributed by atoms with Gasteiger partial charge in [-0.15, -0.1) is 0 Å². The third-order valence-electron chi connectivity index (χ3n) is 4.29. The number of hydrogen-bond acceptors (Lipinski definition) is 4. The summed E-state index contributed by atoms with van der Waals surface area (Å²) in [5.41, 5.74) is 2.34. The quantitative estimate of drug-likeness (QED) is 0.849. The van der Waals surface area contributed by atoms with E-state index in [0.717, 1.165) is 43.0 Å². The van der Waals surface area contributed by atoms with Crippen molar-refractivity contribution in [3.05, 3.63) is 47.5 Å². The summed E-state index contributed by atoms with van der Waals surface area (Å²) in [5, 5.41) is 0. The van der Waals surface area contributed by atoms with Crippen LogP contribution in [0.3, 0.4) is 0 Å². The monoisotopic (exact) mass is 313 g/mol. The smallest absolute Gasteiger partial charge is 0.204 e. The topological polar surface area (TPSA) is 30.9 Å². The Bertz CT molecular complexity index is 684. The van der Waals surface area contributed by atoms with Crippen molar-refractivity contribution in [3.63, 3.8) is 0 Å². The van der Waals surface area contributed by atoms with Crippen LogP contribution in [-0.4, -0.2) is 39.3 Å². The second-order valence-electron chi connectivity index (χ2n) is 5.80. The molecule has 1 aliphatic heterocycles. The van der Waals surface area contributed by atoms with Gasteiger partial charge in [0.05, 0.1) is 14.2 Å². The molecular formula is C19H23NO3. The molecule has 2 aromatic rings. The molecule has 0 bridgehead atoms. The van der Waals surface area contributed by atoms with Crippen LogP contribution < -0.4 is 14.2 Å². The minimum Gasteiger partial charge on any atom is -0.493 e. The van der Waals surface area contributed by atoms with E-state index < -0.39 is 0 Å². The first-order valence-electron chi connectivity index (χ1n) is 7.91. The molecule has 122 valence electrons. The van der Waals surface area contributed by atoms with E-state index in [1.807, 2.05) is 18.2 Å². The molecular weight excluding hydrogens is 290 g/mol. The van der Waals surface area contributed by atoms with Gasteiger partial charge in [-0.3, -0.25) is 0 Å². The minimum absolute atomic E-state index is 0.656. The maximum Gasteiger partial charge on any atom is 0.204 e. The van der Waals surface area contributed by atoms with Crippen LogP contribution >= 0.6 is 0 Å².